The van der Waals surface area contributed by atoms with Gasteiger partial charge in [0.25, 0.3) is 0 Å². The third-order valence-electron chi connectivity index (χ3n) is 5.78. The largest absolute Gasteiger partial charge is 0.494 e. The number of ether oxygens (including phenoxy) is 1. The lowest BCUT2D eigenvalue weighted by atomic mass is 9.79. The van der Waals surface area contributed by atoms with Crippen LogP contribution < -0.4 is 10.2 Å². The zero-order valence-electron chi connectivity index (χ0n) is 15.7. The molecule has 1 saturated heterocycles. The summed E-state index contributed by atoms with van der Waals surface area (Å²) in [7, 11) is -0.407. The molecule has 26 heavy (non-hydrogen) atoms. The topological polar surface area (TPSA) is 45.5 Å². The van der Waals surface area contributed by atoms with Crippen molar-refractivity contribution in [1.82, 2.24) is 9.55 Å². The summed E-state index contributed by atoms with van der Waals surface area (Å²) in [6.07, 6.45) is 0. The standard InChI is InChI=1S/C20H21BN2O3/c1-12-22-14-7-6-8-16-18(14)23(12)15-10-9-13(11-17(15)24-16)21-25-19(2,3)20(4,5)26-21/h6-11H,1-5H3. The molecule has 132 valence electrons. The number of aryl methyl sites for hydroxylation is 1. The average molecular weight is 348 g/mol. The molecule has 0 aliphatic carbocycles. The molecule has 0 atom stereocenters. The minimum atomic E-state index is -0.407. The summed E-state index contributed by atoms with van der Waals surface area (Å²) in [6, 6.07) is 12.1. The van der Waals surface area contributed by atoms with Gasteiger partial charge >= 0.3 is 7.12 Å². The van der Waals surface area contributed by atoms with Crippen LogP contribution in [0.5, 0.6) is 11.5 Å². The Morgan fingerprint density at radius 2 is 1.69 bits per heavy atom. The van der Waals surface area contributed by atoms with Crippen LogP contribution >= 0.6 is 0 Å². The fourth-order valence-corrected chi connectivity index (χ4v) is 3.63. The van der Waals surface area contributed by atoms with Gasteiger partial charge in [0.15, 0.2) is 11.5 Å². The van der Waals surface area contributed by atoms with Gasteiger partial charge in [0.2, 0.25) is 0 Å². The fourth-order valence-electron chi connectivity index (χ4n) is 3.63. The van der Waals surface area contributed by atoms with Crippen LogP contribution in [0.3, 0.4) is 0 Å². The van der Waals surface area contributed by atoms with Crippen molar-refractivity contribution >= 4 is 23.6 Å². The Bertz CT molecular complexity index is 1040. The number of rotatable bonds is 1. The Morgan fingerprint density at radius 1 is 0.962 bits per heavy atom. The smallest absolute Gasteiger partial charge is 0.453 e. The minimum Gasteiger partial charge on any atom is -0.453 e. The lowest BCUT2D eigenvalue weighted by Crippen LogP contribution is -2.41. The number of fused-ring (bicyclic) bond motifs is 2. The molecule has 2 aromatic carbocycles. The van der Waals surface area contributed by atoms with Crippen LogP contribution in [0.4, 0.5) is 0 Å². The molecular formula is C20H21BN2O3. The summed E-state index contributed by atoms with van der Waals surface area (Å²) in [5, 5.41) is 0. The van der Waals surface area contributed by atoms with Crippen LogP contribution in [-0.2, 0) is 9.31 Å². The molecule has 1 aromatic heterocycles. The van der Waals surface area contributed by atoms with E-state index in [2.05, 4.69) is 43.3 Å². The third-order valence-corrected chi connectivity index (χ3v) is 5.78. The first-order valence-corrected chi connectivity index (χ1v) is 8.93. The highest BCUT2D eigenvalue weighted by atomic mass is 16.7. The van der Waals surface area contributed by atoms with Gasteiger partial charge in [-0.1, -0.05) is 12.1 Å². The average Bonchev–Trinajstić information content (AvgIpc) is 3.02. The number of hydrogen-bond donors (Lipinski definition) is 0. The van der Waals surface area contributed by atoms with E-state index in [1.165, 1.54) is 0 Å². The predicted molar refractivity (Wildman–Crippen MR) is 102 cm³/mol. The lowest BCUT2D eigenvalue weighted by molar-refractivity contribution is 0.00578. The summed E-state index contributed by atoms with van der Waals surface area (Å²) >= 11 is 0. The van der Waals surface area contributed by atoms with Crippen molar-refractivity contribution in [3.63, 3.8) is 0 Å². The van der Waals surface area contributed by atoms with Crippen molar-refractivity contribution in [2.24, 2.45) is 0 Å². The molecule has 5 nitrogen and oxygen atoms in total. The Labute approximate surface area is 153 Å². The second-order valence-corrected chi connectivity index (χ2v) is 8.04. The number of para-hydroxylation sites is 1. The van der Waals surface area contributed by atoms with E-state index in [9.17, 15) is 0 Å². The van der Waals surface area contributed by atoms with Gasteiger partial charge in [-0.25, -0.2) is 4.98 Å². The number of hydrogen-bond acceptors (Lipinski definition) is 4. The van der Waals surface area contributed by atoms with Crippen LogP contribution in [0.15, 0.2) is 36.4 Å². The molecule has 3 aromatic rings. The van der Waals surface area contributed by atoms with Gasteiger partial charge in [0.05, 0.1) is 22.4 Å². The Hall–Kier alpha value is -2.31. The van der Waals surface area contributed by atoms with E-state index in [0.29, 0.717) is 0 Å². The molecule has 0 spiro atoms. The highest BCUT2D eigenvalue weighted by molar-refractivity contribution is 6.62. The Balaban J connectivity index is 1.61. The minimum absolute atomic E-state index is 0.367. The molecule has 1 fully saturated rings. The zero-order valence-corrected chi connectivity index (χ0v) is 15.7. The maximum Gasteiger partial charge on any atom is 0.494 e. The molecule has 0 N–H and O–H groups in total. The fraction of sp³-hybridized carbons (Fsp3) is 0.350. The van der Waals surface area contributed by atoms with Crippen LogP contribution in [0, 0.1) is 6.92 Å². The molecule has 0 unspecified atom stereocenters. The van der Waals surface area contributed by atoms with Gasteiger partial charge in [-0.2, -0.15) is 0 Å². The van der Waals surface area contributed by atoms with Gasteiger partial charge < -0.3 is 14.0 Å². The summed E-state index contributed by atoms with van der Waals surface area (Å²) < 4.78 is 20.7. The van der Waals surface area contributed by atoms with Gasteiger partial charge in [0.1, 0.15) is 11.3 Å². The molecule has 3 heterocycles. The molecule has 0 saturated carbocycles. The van der Waals surface area contributed by atoms with Gasteiger partial charge in [-0.05, 0) is 64.3 Å². The molecule has 5 rings (SSSR count). The van der Waals surface area contributed by atoms with Crippen molar-refractivity contribution < 1.29 is 14.0 Å². The summed E-state index contributed by atoms with van der Waals surface area (Å²) in [6.45, 7) is 10.3. The predicted octanol–water partition coefficient (Wildman–Crippen LogP) is 3.74. The first-order valence-electron chi connectivity index (χ1n) is 8.93. The van der Waals surface area contributed by atoms with Crippen molar-refractivity contribution in [2.75, 3.05) is 0 Å². The SMILES string of the molecule is Cc1nc2cccc3c2n1-c1ccc(B2OC(C)(C)C(C)(C)O2)cc1O3. The normalized spacial score (nSPS) is 19.5. The Kier molecular flexibility index (Phi) is 3.00. The Morgan fingerprint density at radius 3 is 2.42 bits per heavy atom. The summed E-state index contributed by atoms with van der Waals surface area (Å²) in [4.78, 5) is 4.66. The monoisotopic (exact) mass is 348 g/mol. The second-order valence-electron chi connectivity index (χ2n) is 8.04. The maximum absolute atomic E-state index is 6.20. The molecule has 6 heteroatoms. The first kappa shape index (κ1) is 15.9. The van der Waals surface area contributed by atoms with E-state index in [-0.39, 0.29) is 11.2 Å². The van der Waals surface area contributed by atoms with Crippen LogP contribution in [0.25, 0.3) is 16.7 Å². The van der Waals surface area contributed by atoms with Crippen LogP contribution in [0.1, 0.15) is 33.5 Å². The molecule has 0 amide bonds. The van der Waals surface area contributed by atoms with Crippen LogP contribution in [-0.4, -0.2) is 27.9 Å². The molecule has 2 aliphatic rings. The maximum atomic E-state index is 6.20. The molecule has 0 radical (unpaired) electrons. The van der Waals surface area contributed by atoms with E-state index in [1.807, 2.05) is 37.3 Å². The number of aromatic nitrogens is 2. The van der Waals surface area contributed by atoms with Gasteiger partial charge in [-0.15, -0.1) is 0 Å². The molecule has 0 bridgehead atoms. The van der Waals surface area contributed by atoms with Crippen LogP contribution in [0.2, 0.25) is 0 Å². The van der Waals surface area contributed by atoms with Gasteiger partial charge in [0, 0.05) is 0 Å². The van der Waals surface area contributed by atoms with E-state index in [4.69, 9.17) is 14.0 Å². The highest BCUT2D eigenvalue weighted by Gasteiger charge is 2.51. The number of nitrogens with zero attached hydrogens (tertiary/aromatic N) is 2. The zero-order chi connectivity index (χ0) is 18.3. The van der Waals surface area contributed by atoms with E-state index in [1.54, 1.807) is 0 Å². The van der Waals surface area contributed by atoms with E-state index in [0.717, 1.165) is 39.5 Å². The first-order chi connectivity index (χ1) is 12.3. The summed E-state index contributed by atoms with van der Waals surface area (Å²) in [5.74, 6) is 2.56. The van der Waals surface area contributed by atoms with Crippen molar-refractivity contribution in [3.8, 4) is 17.2 Å². The third kappa shape index (κ3) is 2.03. The molecule has 2 aliphatic heterocycles. The molecular weight excluding hydrogens is 327 g/mol. The van der Waals surface area contributed by atoms with E-state index >= 15 is 0 Å². The van der Waals surface area contributed by atoms with E-state index < -0.39 is 7.12 Å². The van der Waals surface area contributed by atoms with Crippen molar-refractivity contribution in [1.29, 1.82) is 0 Å². The van der Waals surface area contributed by atoms with Crippen molar-refractivity contribution in [2.45, 2.75) is 45.8 Å². The van der Waals surface area contributed by atoms with Gasteiger partial charge in [-0.3, -0.25) is 4.57 Å². The quantitative estimate of drug-likeness (QED) is 0.492. The lowest BCUT2D eigenvalue weighted by Gasteiger charge is -2.32. The highest BCUT2D eigenvalue weighted by Crippen LogP contribution is 2.41. The summed E-state index contributed by atoms with van der Waals surface area (Å²) in [5.41, 5.74) is 3.17. The number of benzene rings is 2. The number of imidazole rings is 1. The second kappa shape index (κ2) is 4.90. The van der Waals surface area contributed by atoms with Crippen molar-refractivity contribution in [3.05, 3.63) is 42.2 Å².